The first kappa shape index (κ1) is 18.7. The highest BCUT2D eigenvalue weighted by Crippen LogP contribution is 2.49. The molecule has 0 saturated heterocycles. The molecule has 0 aliphatic heterocycles. The third kappa shape index (κ3) is 2.86. The van der Waals surface area contributed by atoms with Gasteiger partial charge < -0.3 is 4.42 Å². The quantitative estimate of drug-likeness (QED) is 0.249. The topological polar surface area (TPSA) is 13.1 Å². The van der Waals surface area contributed by atoms with E-state index in [-0.39, 0.29) is 5.38 Å². The number of halogens is 1. The molecule has 33 heavy (non-hydrogen) atoms. The van der Waals surface area contributed by atoms with Gasteiger partial charge in [-0.15, -0.1) is 11.6 Å². The van der Waals surface area contributed by atoms with E-state index in [0.29, 0.717) is 0 Å². The molecule has 156 valence electrons. The lowest BCUT2D eigenvalue weighted by Gasteiger charge is -2.22. The fourth-order valence-electron chi connectivity index (χ4n) is 5.02. The monoisotopic (exact) mass is 442 g/mol. The summed E-state index contributed by atoms with van der Waals surface area (Å²) in [7, 11) is 0. The SMILES string of the molecule is ClC1c2cc1c1c(c2)oc2cccc(-c3cccc(-c4ccc(-c5ccccc5)cc4)c3)c21. The van der Waals surface area contributed by atoms with Crippen LogP contribution in [-0.2, 0) is 0 Å². The van der Waals surface area contributed by atoms with E-state index in [9.17, 15) is 0 Å². The second kappa shape index (κ2) is 7.10. The third-order valence-corrected chi connectivity index (χ3v) is 7.20. The van der Waals surface area contributed by atoms with Crippen molar-refractivity contribution in [1.29, 1.82) is 0 Å². The Morgan fingerprint density at radius 1 is 0.515 bits per heavy atom. The molecule has 8 rings (SSSR count). The number of furan rings is 1. The largest absolute Gasteiger partial charge is 0.456 e. The van der Waals surface area contributed by atoms with Crippen molar-refractivity contribution in [1.82, 2.24) is 0 Å². The zero-order valence-corrected chi connectivity index (χ0v) is 18.5. The van der Waals surface area contributed by atoms with Crippen LogP contribution in [0.1, 0.15) is 16.5 Å². The average Bonchev–Trinajstić information content (AvgIpc) is 3.28. The summed E-state index contributed by atoms with van der Waals surface area (Å²) in [6.07, 6.45) is 0. The molecule has 1 aromatic heterocycles. The van der Waals surface area contributed by atoms with E-state index >= 15 is 0 Å². The maximum absolute atomic E-state index is 6.58. The molecule has 0 spiro atoms. The molecule has 6 aromatic rings. The van der Waals surface area contributed by atoms with Crippen LogP contribution < -0.4 is 0 Å². The summed E-state index contributed by atoms with van der Waals surface area (Å²) in [4.78, 5) is 0. The van der Waals surface area contributed by atoms with Crippen molar-refractivity contribution in [2.75, 3.05) is 0 Å². The summed E-state index contributed by atoms with van der Waals surface area (Å²) in [5, 5.41) is 2.27. The standard InChI is InChI=1S/C31H19ClO/c32-31-24-17-26(31)30-28(18-24)33-27-11-5-10-25(29(27)30)23-9-4-8-22(16-23)21-14-12-20(13-15-21)19-6-2-1-3-7-19/h1-18,31H. The number of fused-ring (bicyclic) bond motifs is 1. The van der Waals surface area contributed by atoms with E-state index in [1.165, 1.54) is 38.9 Å². The van der Waals surface area contributed by atoms with Crippen LogP contribution in [0.25, 0.3) is 55.3 Å². The highest BCUT2D eigenvalue weighted by atomic mass is 35.5. The first-order chi connectivity index (χ1) is 16.3. The molecule has 1 heterocycles. The van der Waals surface area contributed by atoms with Crippen LogP contribution in [-0.4, -0.2) is 0 Å². The maximum atomic E-state index is 6.58. The zero-order chi connectivity index (χ0) is 21.9. The van der Waals surface area contributed by atoms with E-state index in [1.54, 1.807) is 0 Å². The third-order valence-electron chi connectivity index (χ3n) is 6.72. The van der Waals surface area contributed by atoms with Gasteiger partial charge in [-0.05, 0) is 62.7 Å². The van der Waals surface area contributed by atoms with E-state index in [2.05, 4.69) is 97.1 Å². The Kier molecular flexibility index (Phi) is 4.03. The molecule has 0 radical (unpaired) electrons. The van der Waals surface area contributed by atoms with Crippen molar-refractivity contribution in [2.24, 2.45) is 0 Å². The van der Waals surface area contributed by atoms with Gasteiger partial charge in [0.15, 0.2) is 0 Å². The average molecular weight is 443 g/mol. The van der Waals surface area contributed by atoms with Crippen LogP contribution >= 0.6 is 11.6 Å². The minimum atomic E-state index is -0.0270. The lowest BCUT2D eigenvalue weighted by Crippen LogP contribution is -2.05. The summed E-state index contributed by atoms with van der Waals surface area (Å²) in [5.74, 6) is 0. The lowest BCUT2D eigenvalue weighted by molar-refractivity contribution is 0.667. The molecule has 0 amide bonds. The van der Waals surface area contributed by atoms with Crippen molar-refractivity contribution >= 4 is 33.5 Å². The van der Waals surface area contributed by atoms with Gasteiger partial charge in [-0.1, -0.05) is 91.0 Å². The first-order valence-corrected chi connectivity index (χ1v) is 11.6. The lowest BCUT2D eigenvalue weighted by atomic mass is 9.86. The first-order valence-electron chi connectivity index (χ1n) is 11.2. The van der Waals surface area contributed by atoms with Crippen molar-refractivity contribution in [3.05, 3.63) is 120 Å². The zero-order valence-electron chi connectivity index (χ0n) is 17.8. The van der Waals surface area contributed by atoms with Crippen molar-refractivity contribution in [3.63, 3.8) is 0 Å². The van der Waals surface area contributed by atoms with Gasteiger partial charge in [-0.25, -0.2) is 0 Å². The number of hydrogen-bond donors (Lipinski definition) is 0. The van der Waals surface area contributed by atoms with E-state index in [0.717, 1.165) is 27.5 Å². The van der Waals surface area contributed by atoms with Crippen LogP contribution in [0.15, 0.2) is 114 Å². The Balaban J connectivity index is 1.35. The van der Waals surface area contributed by atoms with Crippen molar-refractivity contribution < 1.29 is 4.42 Å². The Hall–Kier alpha value is -3.81. The molecule has 1 nitrogen and oxygen atoms in total. The Bertz CT molecular complexity index is 1660. The fraction of sp³-hybridized carbons (Fsp3) is 0.0323. The molecule has 5 aromatic carbocycles. The van der Waals surface area contributed by atoms with Crippen molar-refractivity contribution in [2.45, 2.75) is 5.38 Å². The van der Waals surface area contributed by atoms with Crippen LogP contribution in [0.2, 0.25) is 0 Å². The Morgan fingerprint density at radius 2 is 1.18 bits per heavy atom. The molecular formula is C31H19ClO. The smallest absolute Gasteiger partial charge is 0.136 e. The van der Waals surface area contributed by atoms with Gasteiger partial charge >= 0.3 is 0 Å². The Morgan fingerprint density at radius 3 is 1.97 bits per heavy atom. The molecule has 2 bridgehead atoms. The van der Waals surface area contributed by atoms with Gasteiger partial charge in [-0.3, -0.25) is 0 Å². The minimum absolute atomic E-state index is 0.0270. The molecular weight excluding hydrogens is 424 g/mol. The predicted molar refractivity (Wildman–Crippen MR) is 138 cm³/mol. The molecule has 1 unspecified atom stereocenters. The van der Waals surface area contributed by atoms with Gasteiger partial charge in [-0.2, -0.15) is 0 Å². The number of hydrogen-bond acceptors (Lipinski definition) is 1. The Labute approximate surface area is 196 Å². The van der Waals surface area contributed by atoms with Gasteiger partial charge in [0, 0.05) is 10.8 Å². The van der Waals surface area contributed by atoms with Crippen LogP contribution in [0, 0.1) is 0 Å². The molecule has 0 N–H and O–H groups in total. The fourth-order valence-corrected chi connectivity index (χ4v) is 5.32. The van der Waals surface area contributed by atoms with Crippen LogP contribution in [0.5, 0.6) is 0 Å². The summed E-state index contributed by atoms with van der Waals surface area (Å²) < 4.78 is 6.20. The molecule has 2 heteroatoms. The van der Waals surface area contributed by atoms with Crippen LogP contribution in [0.3, 0.4) is 0 Å². The summed E-state index contributed by atoms with van der Waals surface area (Å²) in [6, 6.07) is 38.6. The second-order valence-corrected chi connectivity index (χ2v) is 9.09. The van der Waals surface area contributed by atoms with E-state index in [4.69, 9.17) is 16.0 Å². The summed E-state index contributed by atoms with van der Waals surface area (Å²) in [5.41, 5.74) is 11.3. The number of alkyl halides is 1. The molecule has 2 aliphatic rings. The number of benzene rings is 5. The van der Waals surface area contributed by atoms with E-state index < -0.39 is 0 Å². The summed E-state index contributed by atoms with van der Waals surface area (Å²) >= 11 is 6.58. The molecule has 0 fully saturated rings. The van der Waals surface area contributed by atoms with Gasteiger partial charge in [0.25, 0.3) is 0 Å². The predicted octanol–water partition coefficient (Wildman–Crippen LogP) is 9.23. The van der Waals surface area contributed by atoms with Gasteiger partial charge in [0.2, 0.25) is 0 Å². The molecule has 0 saturated carbocycles. The highest BCUT2D eigenvalue weighted by Gasteiger charge is 2.28. The van der Waals surface area contributed by atoms with Gasteiger partial charge in [0.05, 0.1) is 5.38 Å². The van der Waals surface area contributed by atoms with Crippen LogP contribution in [0.4, 0.5) is 0 Å². The number of rotatable bonds is 3. The normalized spacial score (nSPS) is 14.5. The molecule has 1 atom stereocenters. The maximum Gasteiger partial charge on any atom is 0.136 e. The van der Waals surface area contributed by atoms with Crippen molar-refractivity contribution in [3.8, 4) is 33.4 Å². The van der Waals surface area contributed by atoms with Gasteiger partial charge in [0.1, 0.15) is 11.2 Å². The van der Waals surface area contributed by atoms with E-state index in [1.807, 2.05) is 12.1 Å². The summed E-state index contributed by atoms with van der Waals surface area (Å²) in [6.45, 7) is 0. The highest BCUT2D eigenvalue weighted by molar-refractivity contribution is 6.27. The second-order valence-electron chi connectivity index (χ2n) is 8.65. The minimum Gasteiger partial charge on any atom is -0.456 e. The molecule has 2 aliphatic carbocycles.